The topological polar surface area (TPSA) is 29.5 Å². The second-order valence-corrected chi connectivity index (χ2v) is 13.3. The lowest BCUT2D eigenvalue weighted by Gasteiger charge is -2.42. The van der Waals surface area contributed by atoms with Crippen molar-refractivity contribution >= 4 is 60.9 Å². The fourth-order valence-electron chi connectivity index (χ4n) is 7.95. The van der Waals surface area contributed by atoms with Gasteiger partial charge in [0.05, 0.1) is 11.4 Å². The number of hydrogen-bond acceptors (Lipinski definition) is 3. The van der Waals surface area contributed by atoms with Crippen molar-refractivity contribution < 1.29 is 8.83 Å². The van der Waals surface area contributed by atoms with Gasteiger partial charge in [-0.25, -0.2) is 0 Å². The highest BCUT2D eigenvalue weighted by Crippen LogP contribution is 2.53. The zero-order valence-electron chi connectivity index (χ0n) is 26.7. The molecule has 1 aliphatic heterocycles. The fraction of sp³-hybridized carbons (Fsp3) is 0.0667. The molecule has 0 unspecified atom stereocenters. The second kappa shape index (κ2) is 9.97. The lowest BCUT2D eigenvalue weighted by Crippen LogP contribution is -2.30. The first-order chi connectivity index (χ1) is 23.6. The third-order valence-electron chi connectivity index (χ3n) is 10.2. The van der Waals surface area contributed by atoms with Gasteiger partial charge in [0.25, 0.3) is 0 Å². The highest BCUT2D eigenvalue weighted by atomic mass is 16.3. The van der Waals surface area contributed by atoms with Crippen molar-refractivity contribution in [2.75, 3.05) is 4.90 Å². The van der Waals surface area contributed by atoms with Crippen molar-refractivity contribution in [3.63, 3.8) is 0 Å². The maximum Gasteiger partial charge on any atom is 0.143 e. The summed E-state index contributed by atoms with van der Waals surface area (Å²) in [6, 6.07) is 54.1. The summed E-state index contributed by atoms with van der Waals surface area (Å²) < 4.78 is 13.2. The Bertz CT molecular complexity index is 2540. The largest absolute Gasteiger partial charge is 0.455 e. The number of anilines is 3. The highest BCUT2D eigenvalue weighted by Gasteiger charge is 2.36. The number of furan rings is 2. The molecule has 2 aromatic heterocycles. The van der Waals surface area contributed by atoms with E-state index >= 15 is 0 Å². The molecule has 10 rings (SSSR count). The van der Waals surface area contributed by atoms with E-state index in [-0.39, 0.29) is 5.41 Å². The minimum Gasteiger partial charge on any atom is -0.455 e. The summed E-state index contributed by atoms with van der Waals surface area (Å²) in [7, 11) is 0. The molecular formula is C45H31NO2. The number of fused-ring (bicyclic) bond motifs is 8. The Labute approximate surface area is 278 Å². The van der Waals surface area contributed by atoms with Gasteiger partial charge in [-0.2, -0.15) is 0 Å². The molecule has 0 radical (unpaired) electrons. The molecule has 7 aromatic carbocycles. The molecule has 0 saturated carbocycles. The summed E-state index contributed by atoms with van der Waals surface area (Å²) in [6.45, 7) is 4.66. The lowest BCUT2D eigenvalue weighted by atomic mass is 9.73. The van der Waals surface area contributed by atoms with E-state index < -0.39 is 0 Å². The zero-order valence-corrected chi connectivity index (χ0v) is 26.7. The predicted molar refractivity (Wildman–Crippen MR) is 199 cm³/mol. The summed E-state index contributed by atoms with van der Waals surface area (Å²) in [5.41, 5.74) is 13.8. The molecule has 0 N–H and O–H groups in total. The van der Waals surface area contributed by atoms with E-state index in [9.17, 15) is 0 Å². The fourth-order valence-corrected chi connectivity index (χ4v) is 7.95. The van der Waals surface area contributed by atoms with Gasteiger partial charge in [-0.05, 0) is 64.7 Å². The van der Waals surface area contributed by atoms with Crippen LogP contribution < -0.4 is 4.90 Å². The van der Waals surface area contributed by atoms with E-state index in [0.717, 1.165) is 71.8 Å². The van der Waals surface area contributed by atoms with Crippen molar-refractivity contribution in [1.29, 1.82) is 0 Å². The quantitative estimate of drug-likeness (QED) is 0.198. The normalized spacial score (nSPS) is 13.8. The van der Waals surface area contributed by atoms with Gasteiger partial charge in [-0.15, -0.1) is 0 Å². The smallest absolute Gasteiger partial charge is 0.143 e. The number of para-hydroxylation sites is 6. The van der Waals surface area contributed by atoms with Crippen LogP contribution in [0.25, 0.3) is 66.1 Å². The highest BCUT2D eigenvalue weighted by molar-refractivity contribution is 6.12. The molecule has 9 aromatic rings. The number of rotatable bonds is 3. The maximum atomic E-state index is 6.59. The van der Waals surface area contributed by atoms with Crippen LogP contribution in [0, 0.1) is 0 Å². The zero-order chi connectivity index (χ0) is 32.0. The molecule has 3 heterocycles. The standard InChI is InChI=1S/C45H31NO2/c1-45(2)37-19-5-7-21-39(37)46(40-22-8-6-20-38(40)45)30-26-28(31-15-11-17-35-33-13-3-9-23-41(33)47-43(31)35)25-29(27-30)32-16-12-18-36-34-14-4-10-24-42(34)48-44(32)36/h3-27H,1-2H3. The molecule has 0 saturated heterocycles. The SMILES string of the molecule is CC1(C)c2ccccc2N(c2cc(-c3cccc4c3oc3ccccc34)cc(-c3cccc4c3oc3ccccc34)c2)c2ccccc21. The Balaban J connectivity index is 1.29. The number of benzene rings is 7. The molecule has 0 bridgehead atoms. The van der Waals surface area contributed by atoms with E-state index in [1.165, 1.54) is 22.5 Å². The average molecular weight is 618 g/mol. The molecule has 0 fully saturated rings. The first-order valence-corrected chi connectivity index (χ1v) is 16.5. The van der Waals surface area contributed by atoms with Gasteiger partial charge in [-0.3, -0.25) is 0 Å². The number of nitrogens with zero attached hydrogens (tertiary/aromatic N) is 1. The summed E-state index contributed by atoms with van der Waals surface area (Å²) in [5, 5.41) is 4.48. The predicted octanol–water partition coefficient (Wildman–Crippen LogP) is 12.9. The van der Waals surface area contributed by atoms with Crippen LogP contribution in [0.2, 0.25) is 0 Å². The van der Waals surface area contributed by atoms with Gasteiger partial charge < -0.3 is 13.7 Å². The van der Waals surface area contributed by atoms with E-state index in [2.05, 4.69) is 146 Å². The van der Waals surface area contributed by atoms with Crippen molar-refractivity contribution in [2.24, 2.45) is 0 Å². The van der Waals surface area contributed by atoms with Gasteiger partial charge in [0, 0.05) is 43.8 Å². The molecule has 3 heteroatoms. The van der Waals surface area contributed by atoms with Crippen LogP contribution in [0.15, 0.2) is 160 Å². The van der Waals surface area contributed by atoms with Gasteiger partial charge in [-0.1, -0.05) is 123 Å². The van der Waals surface area contributed by atoms with Gasteiger partial charge in [0.2, 0.25) is 0 Å². The third-order valence-corrected chi connectivity index (χ3v) is 10.2. The first kappa shape index (κ1) is 27.1. The van der Waals surface area contributed by atoms with Gasteiger partial charge >= 0.3 is 0 Å². The van der Waals surface area contributed by atoms with Crippen LogP contribution in [0.1, 0.15) is 25.0 Å². The molecule has 3 nitrogen and oxygen atoms in total. The van der Waals surface area contributed by atoms with Crippen molar-refractivity contribution in [2.45, 2.75) is 19.3 Å². The van der Waals surface area contributed by atoms with E-state index in [4.69, 9.17) is 8.83 Å². The summed E-state index contributed by atoms with van der Waals surface area (Å²) >= 11 is 0. The molecule has 228 valence electrons. The summed E-state index contributed by atoms with van der Waals surface area (Å²) in [5.74, 6) is 0. The van der Waals surface area contributed by atoms with Crippen LogP contribution in [-0.2, 0) is 5.41 Å². The van der Waals surface area contributed by atoms with Gasteiger partial charge in [0.1, 0.15) is 22.3 Å². The van der Waals surface area contributed by atoms with Crippen LogP contribution in [0.4, 0.5) is 17.1 Å². The van der Waals surface area contributed by atoms with Gasteiger partial charge in [0.15, 0.2) is 0 Å². The van der Waals surface area contributed by atoms with Crippen molar-refractivity contribution in [3.8, 4) is 22.3 Å². The van der Waals surface area contributed by atoms with Crippen molar-refractivity contribution in [3.05, 3.63) is 163 Å². The van der Waals surface area contributed by atoms with E-state index in [1.54, 1.807) is 0 Å². The molecule has 48 heavy (non-hydrogen) atoms. The van der Waals surface area contributed by atoms with E-state index in [0.29, 0.717) is 0 Å². The third kappa shape index (κ3) is 3.82. The van der Waals surface area contributed by atoms with Crippen molar-refractivity contribution in [1.82, 2.24) is 0 Å². The monoisotopic (exact) mass is 617 g/mol. The Morgan fingerprint density at radius 1 is 0.438 bits per heavy atom. The molecule has 0 amide bonds. The maximum absolute atomic E-state index is 6.59. The van der Waals surface area contributed by atoms with Crippen LogP contribution in [-0.4, -0.2) is 0 Å². The number of hydrogen-bond donors (Lipinski definition) is 0. The van der Waals surface area contributed by atoms with Crippen LogP contribution >= 0.6 is 0 Å². The summed E-state index contributed by atoms with van der Waals surface area (Å²) in [6.07, 6.45) is 0. The first-order valence-electron chi connectivity index (χ1n) is 16.5. The molecule has 1 aliphatic rings. The Kier molecular flexibility index (Phi) is 5.63. The Morgan fingerprint density at radius 3 is 1.40 bits per heavy atom. The second-order valence-electron chi connectivity index (χ2n) is 13.3. The Morgan fingerprint density at radius 2 is 0.875 bits per heavy atom. The minimum absolute atomic E-state index is 0.149. The Hall–Kier alpha value is -6.06. The average Bonchev–Trinajstić information content (AvgIpc) is 3.70. The minimum atomic E-state index is -0.149. The lowest BCUT2D eigenvalue weighted by molar-refractivity contribution is 0.632. The molecular weight excluding hydrogens is 587 g/mol. The molecule has 0 atom stereocenters. The van der Waals surface area contributed by atoms with E-state index in [1.807, 2.05) is 24.3 Å². The van der Waals surface area contributed by atoms with Crippen LogP contribution in [0.5, 0.6) is 0 Å². The molecule has 0 spiro atoms. The molecule has 0 aliphatic carbocycles. The summed E-state index contributed by atoms with van der Waals surface area (Å²) in [4.78, 5) is 2.43. The van der Waals surface area contributed by atoms with Crippen LogP contribution in [0.3, 0.4) is 0 Å².